The highest BCUT2D eigenvalue weighted by Gasteiger charge is 2.20. The first-order chi connectivity index (χ1) is 14.2. The molecule has 30 heavy (non-hydrogen) atoms. The summed E-state index contributed by atoms with van der Waals surface area (Å²) in [5.41, 5.74) is 0.973. The lowest BCUT2D eigenvalue weighted by Crippen LogP contribution is -2.47. The van der Waals surface area contributed by atoms with E-state index in [1.165, 1.54) is 0 Å². The van der Waals surface area contributed by atoms with E-state index in [9.17, 15) is 0 Å². The molecule has 2 heterocycles. The number of halogens is 1. The number of hydrogen-bond acceptors (Lipinski definition) is 6. The molecule has 1 aliphatic rings. The number of rotatable bonds is 8. The summed E-state index contributed by atoms with van der Waals surface area (Å²) < 4.78 is 18.3. The third kappa shape index (κ3) is 5.89. The van der Waals surface area contributed by atoms with Crippen LogP contribution in [0.5, 0.6) is 17.2 Å². The lowest BCUT2D eigenvalue weighted by molar-refractivity contribution is 0.369. The Morgan fingerprint density at radius 1 is 1.20 bits per heavy atom. The van der Waals surface area contributed by atoms with Crippen molar-refractivity contribution in [2.24, 2.45) is 4.99 Å². The Hall–Kier alpha value is -2.24. The average Bonchev–Trinajstić information content (AvgIpc) is 3.21. The van der Waals surface area contributed by atoms with Gasteiger partial charge in [-0.15, -0.1) is 24.0 Å². The number of methoxy groups -OCH3 is 3. The van der Waals surface area contributed by atoms with E-state index in [0.717, 1.165) is 54.8 Å². The lowest BCUT2D eigenvalue weighted by atomic mass is 10.1. The third-order valence-electron chi connectivity index (χ3n) is 4.94. The first kappa shape index (κ1) is 24.0. The topological polar surface area (TPSA) is 94.8 Å². The molecule has 2 N–H and O–H groups in total. The fourth-order valence-corrected chi connectivity index (χ4v) is 3.47. The number of fused-ring (bicyclic) bond motifs is 1. The van der Waals surface area contributed by atoms with Gasteiger partial charge in [-0.05, 0) is 19.8 Å². The van der Waals surface area contributed by atoms with Crippen molar-refractivity contribution in [3.05, 3.63) is 29.8 Å². The molecule has 0 radical (unpaired) electrons. The minimum Gasteiger partial charge on any atom is -0.496 e. The molecule has 0 bridgehead atoms. The van der Waals surface area contributed by atoms with Crippen LogP contribution in [0.15, 0.2) is 23.5 Å². The molecule has 2 aromatic rings. The summed E-state index contributed by atoms with van der Waals surface area (Å²) in [5.74, 6) is 4.02. The Labute approximate surface area is 194 Å². The number of nitrogens with zero attached hydrogens (tertiary/aromatic N) is 4. The van der Waals surface area contributed by atoms with E-state index < -0.39 is 0 Å². The molecule has 0 aliphatic carbocycles. The summed E-state index contributed by atoms with van der Waals surface area (Å²) in [6, 6.07) is 4.00. The Morgan fingerprint density at radius 2 is 1.93 bits per heavy atom. The van der Waals surface area contributed by atoms with E-state index in [-0.39, 0.29) is 30.0 Å². The normalized spacial score (nSPS) is 15.6. The van der Waals surface area contributed by atoms with Crippen molar-refractivity contribution in [1.29, 1.82) is 0 Å². The predicted molar refractivity (Wildman–Crippen MR) is 126 cm³/mol. The molecule has 1 unspecified atom stereocenters. The van der Waals surface area contributed by atoms with Crippen molar-refractivity contribution < 1.29 is 14.2 Å². The molecule has 0 saturated heterocycles. The second-order valence-electron chi connectivity index (χ2n) is 6.76. The van der Waals surface area contributed by atoms with E-state index in [2.05, 4.69) is 27.6 Å². The van der Waals surface area contributed by atoms with Gasteiger partial charge in [-0.3, -0.25) is 4.99 Å². The maximum atomic E-state index is 5.53. The zero-order valence-electron chi connectivity index (χ0n) is 18.0. The molecule has 1 atom stereocenters. The van der Waals surface area contributed by atoms with Crippen LogP contribution in [-0.4, -0.2) is 61.2 Å². The second kappa shape index (κ2) is 11.8. The van der Waals surface area contributed by atoms with Crippen molar-refractivity contribution >= 4 is 29.9 Å². The largest absolute Gasteiger partial charge is 0.496 e. The Kier molecular flexibility index (Phi) is 9.47. The minimum atomic E-state index is 0. The van der Waals surface area contributed by atoms with Gasteiger partial charge < -0.3 is 24.8 Å². The SMILES string of the molecule is CCNC(=NCCc1c(OC)cc(OC)cc1OC)NC1CCc2ncnn2C1.I. The molecule has 0 amide bonds. The summed E-state index contributed by atoms with van der Waals surface area (Å²) in [5, 5.41) is 11.1. The third-order valence-corrected chi connectivity index (χ3v) is 4.94. The molecule has 1 aromatic heterocycles. The van der Waals surface area contributed by atoms with Crippen molar-refractivity contribution in [3.8, 4) is 17.2 Å². The van der Waals surface area contributed by atoms with Gasteiger partial charge in [0.25, 0.3) is 0 Å². The van der Waals surface area contributed by atoms with Gasteiger partial charge in [0.2, 0.25) is 0 Å². The molecular weight excluding hydrogens is 499 g/mol. The monoisotopic (exact) mass is 530 g/mol. The Balaban J connectivity index is 0.00000320. The molecule has 10 heteroatoms. The summed E-state index contributed by atoms with van der Waals surface area (Å²) >= 11 is 0. The number of aromatic nitrogens is 3. The van der Waals surface area contributed by atoms with Gasteiger partial charge in [-0.1, -0.05) is 0 Å². The lowest BCUT2D eigenvalue weighted by Gasteiger charge is -2.25. The summed E-state index contributed by atoms with van der Waals surface area (Å²) in [7, 11) is 4.92. The van der Waals surface area contributed by atoms with E-state index in [1.54, 1.807) is 27.7 Å². The van der Waals surface area contributed by atoms with Gasteiger partial charge in [0.05, 0.1) is 27.9 Å². The van der Waals surface area contributed by atoms with Crippen LogP contribution in [0.1, 0.15) is 24.7 Å². The van der Waals surface area contributed by atoms with Crippen LogP contribution in [0.3, 0.4) is 0 Å². The summed E-state index contributed by atoms with van der Waals surface area (Å²) in [4.78, 5) is 9.03. The van der Waals surface area contributed by atoms with Gasteiger partial charge in [-0.2, -0.15) is 5.10 Å². The van der Waals surface area contributed by atoms with Gasteiger partial charge in [0.15, 0.2) is 5.96 Å². The van der Waals surface area contributed by atoms with Crippen molar-refractivity contribution in [2.75, 3.05) is 34.4 Å². The van der Waals surface area contributed by atoms with Gasteiger partial charge >= 0.3 is 0 Å². The zero-order valence-corrected chi connectivity index (χ0v) is 20.3. The fraction of sp³-hybridized carbons (Fsp3) is 0.550. The van der Waals surface area contributed by atoms with Gasteiger partial charge in [0, 0.05) is 43.2 Å². The molecule has 0 saturated carbocycles. The molecule has 1 aromatic carbocycles. The number of nitrogens with one attached hydrogen (secondary N) is 2. The smallest absolute Gasteiger partial charge is 0.191 e. The minimum absolute atomic E-state index is 0. The van der Waals surface area contributed by atoms with Crippen molar-refractivity contribution in [3.63, 3.8) is 0 Å². The summed E-state index contributed by atoms with van der Waals surface area (Å²) in [6.07, 6.45) is 4.22. The van der Waals surface area contributed by atoms with E-state index >= 15 is 0 Å². The first-order valence-corrected chi connectivity index (χ1v) is 9.88. The first-order valence-electron chi connectivity index (χ1n) is 9.88. The number of aryl methyl sites for hydroxylation is 1. The van der Waals surface area contributed by atoms with Gasteiger partial charge in [0.1, 0.15) is 29.4 Å². The van der Waals surface area contributed by atoms with E-state index in [1.807, 2.05) is 16.8 Å². The Morgan fingerprint density at radius 3 is 2.57 bits per heavy atom. The molecule has 166 valence electrons. The quantitative estimate of drug-likeness (QED) is 0.307. The second-order valence-corrected chi connectivity index (χ2v) is 6.76. The zero-order chi connectivity index (χ0) is 20.6. The summed E-state index contributed by atoms with van der Waals surface area (Å²) in [6.45, 7) is 4.24. The van der Waals surface area contributed by atoms with Crippen LogP contribution in [-0.2, 0) is 19.4 Å². The standard InChI is InChI=1S/C20H30N6O3.HI/c1-5-21-20(25-14-6-7-19-23-13-24-26(19)12-14)22-9-8-16-17(28-3)10-15(27-2)11-18(16)29-4;/h10-11,13-14H,5-9,12H2,1-4H3,(H2,21,22,25);1H. The Bertz CT molecular complexity index is 817. The maximum Gasteiger partial charge on any atom is 0.191 e. The molecule has 3 rings (SSSR count). The highest BCUT2D eigenvalue weighted by molar-refractivity contribution is 14.0. The average molecular weight is 530 g/mol. The number of hydrogen-bond donors (Lipinski definition) is 2. The molecule has 9 nitrogen and oxygen atoms in total. The molecule has 0 fully saturated rings. The highest BCUT2D eigenvalue weighted by Crippen LogP contribution is 2.34. The molecule has 1 aliphatic heterocycles. The van der Waals surface area contributed by atoms with Crippen molar-refractivity contribution in [1.82, 2.24) is 25.4 Å². The van der Waals surface area contributed by atoms with Crippen LogP contribution in [0.2, 0.25) is 0 Å². The molecule has 0 spiro atoms. The molecular formula is C20H31IN6O3. The fourth-order valence-electron chi connectivity index (χ4n) is 3.47. The van der Waals surface area contributed by atoms with E-state index in [0.29, 0.717) is 18.7 Å². The maximum absolute atomic E-state index is 5.53. The number of benzene rings is 1. The van der Waals surface area contributed by atoms with E-state index in [4.69, 9.17) is 19.2 Å². The van der Waals surface area contributed by atoms with Crippen LogP contribution in [0.25, 0.3) is 0 Å². The van der Waals surface area contributed by atoms with Crippen LogP contribution in [0.4, 0.5) is 0 Å². The van der Waals surface area contributed by atoms with Gasteiger partial charge in [-0.25, -0.2) is 9.67 Å². The predicted octanol–water partition coefficient (Wildman–Crippen LogP) is 2.03. The number of aliphatic imine (C=N–C) groups is 1. The van der Waals surface area contributed by atoms with Crippen LogP contribution in [0, 0.1) is 0 Å². The van der Waals surface area contributed by atoms with Crippen molar-refractivity contribution in [2.45, 2.75) is 38.8 Å². The van der Waals surface area contributed by atoms with Crippen LogP contribution >= 0.6 is 24.0 Å². The highest BCUT2D eigenvalue weighted by atomic mass is 127. The number of ether oxygens (including phenoxy) is 3. The van der Waals surface area contributed by atoms with Crippen LogP contribution < -0.4 is 24.8 Å². The number of guanidine groups is 1.